The van der Waals surface area contributed by atoms with Gasteiger partial charge in [-0.05, 0) is 19.1 Å². The SMILES string of the molecule is CCOC(=O)CCOc1cccc(F)c1. The minimum atomic E-state index is -0.358. The van der Waals surface area contributed by atoms with Crippen molar-refractivity contribution in [1.82, 2.24) is 0 Å². The predicted molar refractivity (Wildman–Crippen MR) is 53.1 cm³/mol. The normalized spacial score (nSPS) is 9.73. The van der Waals surface area contributed by atoms with Crippen LogP contribution in [0.1, 0.15) is 13.3 Å². The second-order valence-corrected chi connectivity index (χ2v) is 2.86. The van der Waals surface area contributed by atoms with Gasteiger partial charge in [-0.25, -0.2) is 4.39 Å². The van der Waals surface area contributed by atoms with E-state index in [1.807, 2.05) is 0 Å². The van der Waals surface area contributed by atoms with Crippen molar-refractivity contribution in [2.24, 2.45) is 0 Å². The Bertz CT molecular complexity index is 325. The molecule has 0 unspecified atom stereocenters. The molecule has 0 aliphatic carbocycles. The first-order valence-electron chi connectivity index (χ1n) is 4.76. The molecule has 1 rings (SSSR count). The molecule has 0 aromatic heterocycles. The van der Waals surface area contributed by atoms with E-state index in [9.17, 15) is 9.18 Å². The number of carbonyl (C=O) groups is 1. The van der Waals surface area contributed by atoms with Crippen LogP contribution in [0.25, 0.3) is 0 Å². The summed E-state index contributed by atoms with van der Waals surface area (Å²) >= 11 is 0. The van der Waals surface area contributed by atoms with E-state index in [2.05, 4.69) is 0 Å². The summed E-state index contributed by atoms with van der Waals surface area (Å²) in [5.41, 5.74) is 0. The molecule has 0 spiro atoms. The summed E-state index contributed by atoms with van der Waals surface area (Å²) in [7, 11) is 0. The van der Waals surface area contributed by atoms with Crippen LogP contribution >= 0.6 is 0 Å². The average Bonchev–Trinajstić information content (AvgIpc) is 2.18. The lowest BCUT2D eigenvalue weighted by Gasteiger charge is -2.05. The largest absolute Gasteiger partial charge is 0.493 e. The first kappa shape index (κ1) is 11.5. The zero-order valence-corrected chi connectivity index (χ0v) is 8.53. The summed E-state index contributed by atoms with van der Waals surface area (Å²) < 4.78 is 22.6. The van der Waals surface area contributed by atoms with Crippen molar-refractivity contribution in [2.45, 2.75) is 13.3 Å². The van der Waals surface area contributed by atoms with Gasteiger partial charge in [-0.2, -0.15) is 0 Å². The van der Waals surface area contributed by atoms with Crippen molar-refractivity contribution in [3.8, 4) is 5.75 Å². The van der Waals surface area contributed by atoms with E-state index < -0.39 is 0 Å². The third kappa shape index (κ3) is 4.44. The molecule has 0 N–H and O–H groups in total. The highest BCUT2D eigenvalue weighted by molar-refractivity contribution is 5.69. The van der Waals surface area contributed by atoms with Gasteiger partial charge in [0.1, 0.15) is 11.6 Å². The van der Waals surface area contributed by atoms with Crippen LogP contribution in [0.2, 0.25) is 0 Å². The molecule has 3 nitrogen and oxygen atoms in total. The molecule has 0 saturated carbocycles. The van der Waals surface area contributed by atoms with E-state index in [1.165, 1.54) is 12.1 Å². The van der Waals surface area contributed by atoms with E-state index in [4.69, 9.17) is 9.47 Å². The number of hydrogen-bond donors (Lipinski definition) is 0. The van der Waals surface area contributed by atoms with Gasteiger partial charge >= 0.3 is 5.97 Å². The molecule has 1 aromatic rings. The summed E-state index contributed by atoms with van der Waals surface area (Å²) in [6, 6.07) is 5.78. The molecule has 0 amide bonds. The van der Waals surface area contributed by atoms with Crippen LogP contribution in [0.5, 0.6) is 5.75 Å². The number of rotatable bonds is 5. The van der Waals surface area contributed by atoms with Gasteiger partial charge in [0.15, 0.2) is 0 Å². The van der Waals surface area contributed by atoms with Crippen LogP contribution in [-0.2, 0) is 9.53 Å². The van der Waals surface area contributed by atoms with Crippen molar-refractivity contribution in [2.75, 3.05) is 13.2 Å². The standard InChI is InChI=1S/C11H13FO3/c1-2-14-11(13)6-7-15-10-5-3-4-9(12)8-10/h3-5,8H,2,6-7H2,1H3. The molecule has 82 valence electrons. The maximum atomic E-state index is 12.7. The highest BCUT2D eigenvalue weighted by atomic mass is 19.1. The third-order valence-corrected chi connectivity index (χ3v) is 1.68. The van der Waals surface area contributed by atoms with Crippen molar-refractivity contribution in [3.63, 3.8) is 0 Å². The summed E-state index contributed by atoms with van der Waals surface area (Å²) in [5.74, 6) is -0.253. The molecular weight excluding hydrogens is 199 g/mol. The lowest BCUT2D eigenvalue weighted by Crippen LogP contribution is -2.09. The van der Waals surface area contributed by atoms with E-state index in [-0.39, 0.29) is 24.8 Å². The van der Waals surface area contributed by atoms with E-state index in [0.29, 0.717) is 12.4 Å². The molecule has 0 aliphatic heterocycles. The second kappa shape index (κ2) is 6.01. The third-order valence-electron chi connectivity index (χ3n) is 1.68. The van der Waals surface area contributed by atoms with Crippen LogP contribution in [0.4, 0.5) is 4.39 Å². The van der Waals surface area contributed by atoms with Crippen molar-refractivity contribution >= 4 is 5.97 Å². The molecule has 4 heteroatoms. The first-order valence-corrected chi connectivity index (χ1v) is 4.76. The number of halogens is 1. The lowest BCUT2D eigenvalue weighted by atomic mass is 10.3. The highest BCUT2D eigenvalue weighted by Crippen LogP contribution is 2.11. The van der Waals surface area contributed by atoms with E-state index in [1.54, 1.807) is 19.1 Å². The van der Waals surface area contributed by atoms with Crippen LogP contribution in [0.3, 0.4) is 0 Å². The second-order valence-electron chi connectivity index (χ2n) is 2.86. The van der Waals surface area contributed by atoms with Crippen molar-refractivity contribution in [1.29, 1.82) is 0 Å². The quantitative estimate of drug-likeness (QED) is 0.701. The fourth-order valence-corrected chi connectivity index (χ4v) is 1.04. The Morgan fingerprint density at radius 1 is 1.47 bits per heavy atom. The highest BCUT2D eigenvalue weighted by Gasteiger charge is 2.02. The maximum absolute atomic E-state index is 12.7. The van der Waals surface area contributed by atoms with Crippen LogP contribution < -0.4 is 4.74 Å². The Morgan fingerprint density at radius 2 is 2.27 bits per heavy atom. The average molecular weight is 212 g/mol. The number of hydrogen-bond acceptors (Lipinski definition) is 3. The van der Waals surface area contributed by atoms with E-state index in [0.717, 1.165) is 0 Å². The molecule has 0 radical (unpaired) electrons. The molecule has 0 bridgehead atoms. The topological polar surface area (TPSA) is 35.5 Å². The zero-order chi connectivity index (χ0) is 11.1. The van der Waals surface area contributed by atoms with Gasteiger partial charge in [0.2, 0.25) is 0 Å². The Kier molecular flexibility index (Phi) is 4.60. The number of benzene rings is 1. The minimum Gasteiger partial charge on any atom is -0.493 e. The molecule has 1 aromatic carbocycles. The monoisotopic (exact) mass is 212 g/mol. The van der Waals surface area contributed by atoms with Crippen LogP contribution in [-0.4, -0.2) is 19.2 Å². The van der Waals surface area contributed by atoms with Gasteiger partial charge in [0.05, 0.1) is 19.6 Å². The van der Waals surface area contributed by atoms with Crippen molar-refractivity contribution in [3.05, 3.63) is 30.1 Å². The summed E-state index contributed by atoms with van der Waals surface area (Å²) in [4.78, 5) is 10.9. The molecule has 0 atom stereocenters. The zero-order valence-electron chi connectivity index (χ0n) is 8.53. The molecule has 0 saturated heterocycles. The minimum absolute atomic E-state index is 0.171. The van der Waals surface area contributed by atoms with Gasteiger partial charge in [-0.3, -0.25) is 4.79 Å². The summed E-state index contributed by atoms with van der Waals surface area (Å²) in [5, 5.41) is 0. The fourth-order valence-electron chi connectivity index (χ4n) is 1.04. The van der Waals surface area contributed by atoms with Gasteiger partial charge in [0, 0.05) is 6.07 Å². The van der Waals surface area contributed by atoms with Gasteiger partial charge in [-0.1, -0.05) is 6.07 Å². The lowest BCUT2D eigenvalue weighted by molar-refractivity contribution is -0.143. The number of ether oxygens (including phenoxy) is 2. The Balaban J connectivity index is 2.28. The molecular formula is C11H13FO3. The smallest absolute Gasteiger partial charge is 0.309 e. The molecule has 0 fully saturated rings. The predicted octanol–water partition coefficient (Wildman–Crippen LogP) is 2.16. The fraction of sp³-hybridized carbons (Fsp3) is 0.364. The Hall–Kier alpha value is -1.58. The first-order chi connectivity index (χ1) is 7.22. The van der Waals surface area contributed by atoms with Crippen LogP contribution in [0, 0.1) is 5.82 Å². The van der Waals surface area contributed by atoms with Gasteiger partial charge < -0.3 is 9.47 Å². The Labute approximate surface area is 87.8 Å². The van der Waals surface area contributed by atoms with Gasteiger partial charge in [0.25, 0.3) is 0 Å². The maximum Gasteiger partial charge on any atom is 0.309 e. The van der Waals surface area contributed by atoms with Crippen molar-refractivity contribution < 1.29 is 18.7 Å². The summed E-state index contributed by atoms with van der Waals surface area (Å²) in [6.07, 6.45) is 0.171. The number of carbonyl (C=O) groups excluding carboxylic acids is 1. The molecule has 0 aliphatic rings. The van der Waals surface area contributed by atoms with Gasteiger partial charge in [-0.15, -0.1) is 0 Å². The number of esters is 1. The van der Waals surface area contributed by atoms with E-state index >= 15 is 0 Å². The van der Waals surface area contributed by atoms with Crippen LogP contribution in [0.15, 0.2) is 24.3 Å². The Morgan fingerprint density at radius 3 is 2.93 bits per heavy atom. The molecule has 15 heavy (non-hydrogen) atoms. The molecule has 0 heterocycles. The summed E-state index contributed by atoms with van der Waals surface area (Å²) in [6.45, 7) is 2.30.